The molecule has 178 valence electrons. The first-order valence-corrected chi connectivity index (χ1v) is 10.8. The van der Waals surface area contributed by atoms with Crippen molar-refractivity contribution in [2.75, 3.05) is 0 Å². The molecule has 0 spiro atoms. The van der Waals surface area contributed by atoms with E-state index < -0.39 is 40.5 Å². The van der Waals surface area contributed by atoms with Gasteiger partial charge in [-0.3, -0.25) is 0 Å². The van der Waals surface area contributed by atoms with Crippen molar-refractivity contribution in [2.24, 2.45) is 0 Å². The molecule has 6 heteroatoms. The van der Waals surface area contributed by atoms with Gasteiger partial charge in [-0.25, -0.2) is 26.3 Å². The molecule has 0 radical (unpaired) electrons. The minimum atomic E-state index is -1.59. The molecule has 0 aliphatic carbocycles. The molecule has 0 fully saturated rings. The van der Waals surface area contributed by atoms with Gasteiger partial charge in [0.1, 0.15) is 17.5 Å². The Morgan fingerprint density at radius 1 is 0.639 bits per heavy atom. The average molecular weight is 490 g/mol. The van der Waals surface area contributed by atoms with Gasteiger partial charge in [0.05, 0.1) is 11.1 Å². The first-order chi connectivity index (χ1) is 17.3. The molecule has 0 unspecified atom stereocenters. The third kappa shape index (κ3) is 5.29. The summed E-state index contributed by atoms with van der Waals surface area (Å²) in [6.45, 7) is 3.62. The van der Waals surface area contributed by atoms with Crippen LogP contribution in [0, 0.1) is 58.6 Å². The smallest absolute Gasteiger partial charge is 0.195 e. The molecule has 0 amide bonds. The molecule has 0 N–H and O–H groups in total. The Hall–Kier alpha value is -4.42. The van der Waals surface area contributed by atoms with Crippen LogP contribution in [0.15, 0.2) is 67.3 Å². The van der Waals surface area contributed by atoms with Crippen LogP contribution < -0.4 is 0 Å². The monoisotopic (exact) mass is 490 g/mol. The molecule has 4 aromatic rings. The van der Waals surface area contributed by atoms with Crippen molar-refractivity contribution >= 4 is 10.8 Å². The molecule has 36 heavy (non-hydrogen) atoms. The summed E-state index contributed by atoms with van der Waals surface area (Å²) in [5.74, 6) is 3.24. The molecule has 0 aliphatic rings. The zero-order valence-electron chi connectivity index (χ0n) is 18.7. The molecule has 4 aromatic carbocycles. The topological polar surface area (TPSA) is 0 Å². The molecule has 0 heterocycles. The van der Waals surface area contributed by atoms with Gasteiger partial charge in [0.25, 0.3) is 0 Å². The van der Waals surface area contributed by atoms with Crippen LogP contribution in [-0.4, -0.2) is 0 Å². The van der Waals surface area contributed by atoms with Crippen LogP contribution in [0.3, 0.4) is 0 Å². The summed E-state index contributed by atoms with van der Waals surface area (Å²) < 4.78 is 84.1. The van der Waals surface area contributed by atoms with Crippen LogP contribution in [-0.2, 0) is 6.42 Å². The van der Waals surface area contributed by atoms with E-state index in [1.54, 1.807) is 12.1 Å². The number of fused-ring (bicyclic) bond motifs is 1. The molecule has 0 saturated heterocycles. The SMILES string of the molecule is C=CCCc1ccc(C#Cc2cc(F)c(C#Cc3ccc4c(F)c(F)c(F)cc4c3)c(F)c2)c(F)c1. The van der Waals surface area contributed by atoms with Crippen molar-refractivity contribution in [1.29, 1.82) is 0 Å². The lowest BCUT2D eigenvalue weighted by Gasteiger charge is -2.03. The summed E-state index contributed by atoms with van der Waals surface area (Å²) in [6, 6.07) is 11.2. The predicted octanol–water partition coefficient (Wildman–Crippen LogP) is 7.59. The lowest BCUT2D eigenvalue weighted by atomic mass is 10.0. The summed E-state index contributed by atoms with van der Waals surface area (Å²) >= 11 is 0. The molecule has 0 saturated carbocycles. The highest BCUT2D eigenvalue weighted by Gasteiger charge is 2.13. The van der Waals surface area contributed by atoms with E-state index >= 15 is 0 Å². The number of allylic oxidation sites excluding steroid dienone is 1. The van der Waals surface area contributed by atoms with Gasteiger partial charge in [-0.2, -0.15) is 0 Å². The molecule has 0 nitrogen and oxygen atoms in total. The lowest BCUT2D eigenvalue weighted by molar-refractivity contribution is 0.453. The Morgan fingerprint density at radius 3 is 2.06 bits per heavy atom. The van der Waals surface area contributed by atoms with E-state index in [0.717, 1.165) is 23.8 Å². The molecule has 0 atom stereocenters. The summed E-state index contributed by atoms with van der Waals surface area (Å²) in [6.07, 6.45) is 3.07. The fourth-order valence-corrected chi connectivity index (χ4v) is 3.51. The molecule has 0 aromatic heterocycles. The minimum absolute atomic E-state index is 0.00985. The minimum Gasteiger partial charge on any atom is -0.206 e. The quantitative estimate of drug-likeness (QED) is 0.120. The predicted molar refractivity (Wildman–Crippen MR) is 127 cm³/mol. The van der Waals surface area contributed by atoms with Gasteiger partial charge in [-0.1, -0.05) is 41.9 Å². The first-order valence-electron chi connectivity index (χ1n) is 10.8. The Bertz CT molecular complexity index is 1600. The number of rotatable bonds is 3. The fourth-order valence-electron chi connectivity index (χ4n) is 3.51. The zero-order valence-corrected chi connectivity index (χ0v) is 18.7. The van der Waals surface area contributed by atoms with E-state index in [9.17, 15) is 26.3 Å². The lowest BCUT2D eigenvalue weighted by Crippen LogP contribution is -1.94. The number of halogens is 6. The van der Waals surface area contributed by atoms with Crippen LogP contribution in [0.1, 0.15) is 34.2 Å². The van der Waals surface area contributed by atoms with Crippen molar-refractivity contribution in [3.8, 4) is 23.7 Å². The molecular formula is C30H16F6. The third-order valence-corrected chi connectivity index (χ3v) is 5.36. The number of benzene rings is 4. The van der Waals surface area contributed by atoms with Crippen molar-refractivity contribution in [1.82, 2.24) is 0 Å². The molecular weight excluding hydrogens is 474 g/mol. The van der Waals surface area contributed by atoms with Crippen molar-refractivity contribution in [3.63, 3.8) is 0 Å². The van der Waals surface area contributed by atoms with Crippen molar-refractivity contribution < 1.29 is 26.3 Å². The van der Waals surface area contributed by atoms with Crippen LogP contribution in [0.25, 0.3) is 10.8 Å². The Balaban J connectivity index is 1.60. The maximum atomic E-state index is 14.6. The van der Waals surface area contributed by atoms with Crippen LogP contribution in [0.5, 0.6) is 0 Å². The second-order valence-electron chi connectivity index (χ2n) is 7.88. The number of aryl methyl sites for hydroxylation is 1. The van der Waals surface area contributed by atoms with Crippen molar-refractivity contribution in [2.45, 2.75) is 12.8 Å². The van der Waals surface area contributed by atoms with Gasteiger partial charge in [-0.05, 0) is 66.3 Å². The van der Waals surface area contributed by atoms with Crippen LogP contribution >= 0.6 is 0 Å². The standard InChI is InChI=1S/C30H16F6/c1-2-3-4-18-5-9-21(25(31)14-18)10-6-20-15-26(32)24(27(33)16-20)12-8-19-7-11-23-22(13-19)17-28(34)30(36)29(23)35/h2,5,7,9,11,13-17H,1,3-4H2. The Morgan fingerprint density at radius 2 is 1.36 bits per heavy atom. The van der Waals surface area contributed by atoms with Gasteiger partial charge in [0.15, 0.2) is 17.5 Å². The van der Waals surface area contributed by atoms with Gasteiger partial charge in [0, 0.05) is 16.5 Å². The third-order valence-electron chi connectivity index (χ3n) is 5.36. The highest BCUT2D eigenvalue weighted by molar-refractivity contribution is 5.84. The average Bonchev–Trinajstić information content (AvgIpc) is 2.85. The van der Waals surface area contributed by atoms with E-state index in [2.05, 4.69) is 30.3 Å². The first kappa shape index (κ1) is 24.7. The second kappa shape index (κ2) is 10.5. The van der Waals surface area contributed by atoms with E-state index in [-0.39, 0.29) is 27.5 Å². The maximum absolute atomic E-state index is 14.6. The second-order valence-corrected chi connectivity index (χ2v) is 7.88. The summed E-state index contributed by atoms with van der Waals surface area (Å²) in [7, 11) is 0. The molecule has 0 bridgehead atoms. The maximum Gasteiger partial charge on any atom is 0.195 e. The zero-order chi connectivity index (χ0) is 25.8. The highest BCUT2D eigenvalue weighted by atomic mass is 19.2. The summed E-state index contributed by atoms with van der Waals surface area (Å²) in [5, 5.41) is -0.103. The van der Waals surface area contributed by atoms with Gasteiger partial charge < -0.3 is 0 Å². The van der Waals surface area contributed by atoms with Gasteiger partial charge in [-0.15, -0.1) is 6.58 Å². The Kier molecular flexibility index (Phi) is 7.17. The largest absolute Gasteiger partial charge is 0.206 e. The molecule has 4 rings (SSSR count). The number of hydrogen-bond donors (Lipinski definition) is 0. The summed E-state index contributed by atoms with van der Waals surface area (Å²) in [5.41, 5.74) is 0.541. The summed E-state index contributed by atoms with van der Waals surface area (Å²) in [4.78, 5) is 0. The van der Waals surface area contributed by atoms with Crippen LogP contribution in [0.4, 0.5) is 26.3 Å². The van der Waals surface area contributed by atoms with Crippen LogP contribution in [0.2, 0.25) is 0 Å². The van der Waals surface area contributed by atoms with Gasteiger partial charge >= 0.3 is 0 Å². The van der Waals surface area contributed by atoms with Gasteiger partial charge in [0.2, 0.25) is 0 Å². The van der Waals surface area contributed by atoms with E-state index in [1.807, 2.05) is 0 Å². The number of hydrogen-bond acceptors (Lipinski definition) is 0. The van der Waals surface area contributed by atoms with E-state index in [1.165, 1.54) is 30.3 Å². The normalized spacial score (nSPS) is 10.4. The van der Waals surface area contributed by atoms with E-state index in [0.29, 0.717) is 12.8 Å². The highest BCUT2D eigenvalue weighted by Crippen LogP contribution is 2.24. The van der Waals surface area contributed by atoms with Crippen molar-refractivity contribution in [3.05, 3.63) is 130 Å². The molecule has 0 aliphatic heterocycles. The van der Waals surface area contributed by atoms with E-state index in [4.69, 9.17) is 0 Å². The fraction of sp³-hybridized carbons (Fsp3) is 0.0667. The Labute approximate surface area is 203 Å².